The maximum atomic E-state index is 12.4. The first-order chi connectivity index (χ1) is 16.3. The molecule has 0 unspecified atom stereocenters. The minimum atomic E-state index is -1.11. The van der Waals surface area contributed by atoms with Crippen LogP contribution in [0.4, 0.5) is 5.69 Å². The second-order valence-electron chi connectivity index (χ2n) is 7.45. The highest BCUT2D eigenvalue weighted by Gasteiger charge is 2.23. The number of carboxylic acid groups (broad SMARTS) is 1. The van der Waals surface area contributed by atoms with Gasteiger partial charge in [0.25, 0.3) is 0 Å². The Kier molecular flexibility index (Phi) is 6.21. The fourth-order valence-electron chi connectivity index (χ4n) is 3.77. The van der Waals surface area contributed by atoms with Crippen LogP contribution in [0.3, 0.4) is 0 Å². The number of aromatic carboxylic acids is 1. The molecule has 0 saturated carbocycles. The van der Waals surface area contributed by atoms with Gasteiger partial charge in [-0.25, -0.2) is 4.79 Å². The van der Waals surface area contributed by atoms with Gasteiger partial charge >= 0.3 is 5.97 Å². The van der Waals surface area contributed by atoms with Crippen molar-refractivity contribution >= 4 is 40.0 Å². The third kappa shape index (κ3) is 4.17. The Labute approximate surface area is 200 Å². The van der Waals surface area contributed by atoms with Gasteiger partial charge < -0.3 is 24.5 Å². The molecule has 7 nitrogen and oxygen atoms in total. The minimum absolute atomic E-state index is 0.0694. The molecule has 0 radical (unpaired) electrons. The number of terminal acetylenes is 1. The number of methoxy groups -OCH3 is 1. The summed E-state index contributed by atoms with van der Waals surface area (Å²) in [4.78, 5) is 26.0. The van der Waals surface area contributed by atoms with E-state index in [1.807, 2.05) is 6.07 Å². The van der Waals surface area contributed by atoms with E-state index in [9.17, 15) is 14.7 Å². The van der Waals surface area contributed by atoms with Crippen LogP contribution in [0.2, 0.25) is 0 Å². The fraction of sp³-hybridized carbons (Fsp3) is 0.115. The number of carboxylic acids is 1. The van der Waals surface area contributed by atoms with Crippen molar-refractivity contribution < 1.29 is 19.1 Å². The molecule has 2 aromatic rings. The van der Waals surface area contributed by atoms with E-state index in [2.05, 4.69) is 11.2 Å². The first kappa shape index (κ1) is 22.8. The maximum Gasteiger partial charge on any atom is 0.336 e. The number of nitrogens with one attached hydrogen (secondary N) is 1. The Morgan fingerprint density at radius 3 is 2.65 bits per heavy atom. The standard InChI is InChI=1S/C26H20N2O5S/c1-4-11-27-26(34)28(2)15-5-8-18(21(12-15)25(30)31)24-19-9-6-16(29)13-22(19)33-23-14-17(32-3)7-10-20(23)24/h1,5-10,12-14H,11H2,2-3H3,(H,27,34)(H,30,31). The van der Waals surface area contributed by atoms with E-state index >= 15 is 0 Å². The molecular weight excluding hydrogens is 452 g/mol. The van der Waals surface area contributed by atoms with E-state index in [4.69, 9.17) is 27.8 Å². The molecular formula is C26H20N2O5S. The van der Waals surface area contributed by atoms with Gasteiger partial charge in [0, 0.05) is 41.4 Å². The zero-order valence-electron chi connectivity index (χ0n) is 18.4. The van der Waals surface area contributed by atoms with Crippen LogP contribution in [0, 0.1) is 12.3 Å². The Morgan fingerprint density at radius 1 is 1.18 bits per heavy atom. The largest absolute Gasteiger partial charge is 0.497 e. The number of ether oxygens (including phenoxy) is 1. The number of benzene rings is 3. The number of fused-ring (bicyclic) bond motifs is 2. The molecule has 1 heterocycles. The van der Waals surface area contributed by atoms with Gasteiger partial charge in [-0.05, 0) is 54.2 Å². The summed E-state index contributed by atoms with van der Waals surface area (Å²) in [6.07, 6.45) is 5.28. The number of hydrogen-bond acceptors (Lipinski definition) is 5. The van der Waals surface area contributed by atoms with Gasteiger partial charge in [0.15, 0.2) is 10.5 Å². The molecule has 0 atom stereocenters. The number of hydrogen-bond donors (Lipinski definition) is 2. The van der Waals surface area contributed by atoms with Gasteiger partial charge in [-0.15, -0.1) is 6.42 Å². The van der Waals surface area contributed by atoms with Crippen LogP contribution in [0.1, 0.15) is 10.4 Å². The van der Waals surface area contributed by atoms with Gasteiger partial charge in [0.1, 0.15) is 17.1 Å². The molecule has 2 aromatic carbocycles. The van der Waals surface area contributed by atoms with Gasteiger partial charge in [0.2, 0.25) is 0 Å². The normalized spacial score (nSPS) is 10.6. The monoisotopic (exact) mass is 472 g/mol. The summed E-state index contributed by atoms with van der Waals surface area (Å²) in [6.45, 7) is 0.254. The van der Waals surface area contributed by atoms with Crippen LogP contribution in [-0.4, -0.2) is 36.9 Å². The van der Waals surface area contributed by atoms with Crippen LogP contribution in [-0.2, 0) is 0 Å². The SMILES string of the molecule is C#CCNC(=S)N(C)c1ccc(-c2c3ccc(=O)cc-3oc3cc(OC)ccc23)c(C(=O)O)c1. The summed E-state index contributed by atoms with van der Waals surface area (Å²) in [5.74, 6) is 2.26. The van der Waals surface area contributed by atoms with Crippen molar-refractivity contribution in [3.63, 3.8) is 0 Å². The van der Waals surface area contributed by atoms with E-state index in [1.54, 1.807) is 55.5 Å². The molecule has 0 bridgehead atoms. The van der Waals surface area contributed by atoms with Gasteiger partial charge in [-0.3, -0.25) is 4.79 Å². The molecule has 8 heteroatoms. The lowest BCUT2D eigenvalue weighted by molar-refractivity contribution is 0.0697. The third-order valence-corrected chi connectivity index (χ3v) is 5.86. The third-order valence-electron chi connectivity index (χ3n) is 5.44. The molecule has 4 rings (SSSR count). The van der Waals surface area contributed by atoms with Crippen molar-refractivity contribution in [2.45, 2.75) is 0 Å². The van der Waals surface area contributed by atoms with Crippen LogP contribution in [0.15, 0.2) is 63.8 Å². The Bertz CT molecular complexity index is 1500. The topological polar surface area (TPSA) is 92.0 Å². The average molecular weight is 473 g/mol. The zero-order valence-corrected chi connectivity index (χ0v) is 19.2. The predicted octanol–water partition coefficient (Wildman–Crippen LogP) is 4.22. The zero-order chi connectivity index (χ0) is 24.4. The summed E-state index contributed by atoms with van der Waals surface area (Å²) >= 11 is 5.34. The number of nitrogens with zero attached hydrogens (tertiary/aromatic N) is 1. The van der Waals surface area contributed by atoms with E-state index in [0.717, 1.165) is 0 Å². The summed E-state index contributed by atoms with van der Waals surface area (Å²) in [6, 6.07) is 14.8. The lowest BCUT2D eigenvalue weighted by Gasteiger charge is -2.22. The summed E-state index contributed by atoms with van der Waals surface area (Å²) in [5, 5.41) is 14.1. The average Bonchev–Trinajstić information content (AvgIpc) is 2.84. The van der Waals surface area contributed by atoms with Crippen molar-refractivity contribution in [1.82, 2.24) is 5.32 Å². The highest BCUT2D eigenvalue weighted by atomic mass is 32.1. The van der Waals surface area contributed by atoms with Gasteiger partial charge in [0.05, 0.1) is 19.2 Å². The van der Waals surface area contributed by atoms with E-state index in [-0.39, 0.29) is 17.5 Å². The molecule has 2 N–H and O–H groups in total. The second kappa shape index (κ2) is 9.25. The Morgan fingerprint density at radius 2 is 1.94 bits per heavy atom. The molecule has 0 aromatic heterocycles. The second-order valence-corrected chi connectivity index (χ2v) is 7.84. The van der Waals surface area contributed by atoms with Crippen LogP contribution >= 0.6 is 12.2 Å². The molecule has 0 spiro atoms. The minimum Gasteiger partial charge on any atom is -0.497 e. The van der Waals surface area contributed by atoms with E-state index < -0.39 is 5.97 Å². The van der Waals surface area contributed by atoms with Crippen molar-refractivity contribution in [1.29, 1.82) is 0 Å². The quantitative estimate of drug-likeness (QED) is 0.254. The molecule has 0 saturated heterocycles. The smallest absolute Gasteiger partial charge is 0.336 e. The summed E-state index contributed by atoms with van der Waals surface area (Å²) in [7, 11) is 3.26. The molecule has 0 amide bonds. The van der Waals surface area contributed by atoms with Crippen molar-refractivity contribution in [2.75, 3.05) is 25.6 Å². The summed E-state index contributed by atoms with van der Waals surface area (Å²) < 4.78 is 11.3. The van der Waals surface area contributed by atoms with Crippen LogP contribution in [0.5, 0.6) is 5.75 Å². The van der Waals surface area contributed by atoms with E-state index in [0.29, 0.717) is 50.0 Å². The lowest BCUT2D eigenvalue weighted by atomic mass is 9.90. The molecule has 0 fully saturated rings. The number of carbonyl (C=O) groups is 1. The van der Waals surface area contributed by atoms with Crippen LogP contribution < -0.4 is 20.4 Å². The highest BCUT2D eigenvalue weighted by molar-refractivity contribution is 7.80. The lowest BCUT2D eigenvalue weighted by Crippen LogP contribution is -2.37. The highest BCUT2D eigenvalue weighted by Crippen LogP contribution is 2.42. The van der Waals surface area contributed by atoms with Crippen LogP contribution in [0.25, 0.3) is 33.4 Å². The van der Waals surface area contributed by atoms with Crippen molar-refractivity contribution in [3.05, 3.63) is 70.4 Å². The maximum absolute atomic E-state index is 12.4. The first-order valence-corrected chi connectivity index (χ1v) is 10.6. The first-order valence-electron chi connectivity index (χ1n) is 10.2. The van der Waals surface area contributed by atoms with Gasteiger partial charge in [-0.1, -0.05) is 12.0 Å². The number of anilines is 1. The summed E-state index contributed by atoms with van der Waals surface area (Å²) in [5.41, 5.74) is 2.62. The molecule has 1 aliphatic carbocycles. The number of thiocarbonyl (C=S) groups is 1. The van der Waals surface area contributed by atoms with Crippen molar-refractivity contribution in [2.24, 2.45) is 0 Å². The Balaban J connectivity index is 1.98. The molecule has 1 aliphatic heterocycles. The Hall–Kier alpha value is -4.35. The molecule has 2 aliphatic rings. The molecule has 34 heavy (non-hydrogen) atoms. The van der Waals surface area contributed by atoms with E-state index in [1.165, 1.54) is 12.1 Å². The van der Waals surface area contributed by atoms with Gasteiger partial charge in [-0.2, -0.15) is 0 Å². The molecule has 170 valence electrons. The number of rotatable bonds is 5. The van der Waals surface area contributed by atoms with Crippen molar-refractivity contribution in [3.8, 4) is 40.5 Å². The fourth-order valence-corrected chi connectivity index (χ4v) is 3.94. The predicted molar refractivity (Wildman–Crippen MR) is 136 cm³/mol.